The van der Waals surface area contributed by atoms with Crippen molar-refractivity contribution in [3.05, 3.63) is 28.7 Å². The quantitative estimate of drug-likeness (QED) is 0.807. The smallest absolute Gasteiger partial charge is 0.408 e. The van der Waals surface area contributed by atoms with Crippen molar-refractivity contribution >= 4 is 16.8 Å². The largest absolute Gasteiger partial charge is 0.419 e. The molecule has 0 saturated carbocycles. The molecule has 5 nitrogen and oxygen atoms in total. The molecule has 0 fully saturated rings. The van der Waals surface area contributed by atoms with Gasteiger partial charge in [0.15, 0.2) is 5.58 Å². The third-order valence-electron chi connectivity index (χ3n) is 2.42. The van der Waals surface area contributed by atoms with Gasteiger partial charge in [0.2, 0.25) is 0 Å². The molecule has 1 heterocycles. The van der Waals surface area contributed by atoms with Crippen LogP contribution in [0.3, 0.4) is 0 Å². The van der Waals surface area contributed by atoms with Crippen molar-refractivity contribution in [1.82, 2.24) is 4.57 Å². The van der Waals surface area contributed by atoms with Crippen LogP contribution < -0.4 is 16.8 Å². The van der Waals surface area contributed by atoms with Crippen molar-refractivity contribution in [2.45, 2.75) is 13.0 Å². The number of hydrogen-bond acceptors (Lipinski definition) is 4. The van der Waals surface area contributed by atoms with Crippen LogP contribution in [0.4, 0.5) is 5.69 Å². The highest BCUT2D eigenvalue weighted by Gasteiger charge is 2.06. The molecule has 0 bridgehead atoms. The van der Waals surface area contributed by atoms with Crippen LogP contribution in [0.15, 0.2) is 27.4 Å². The molecule has 0 aliphatic carbocycles. The number of hydrogen-bond donors (Lipinski definition) is 2. The van der Waals surface area contributed by atoms with Crippen LogP contribution in [-0.2, 0) is 7.05 Å². The Hall–Kier alpha value is -1.75. The van der Waals surface area contributed by atoms with E-state index in [1.54, 1.807) is 13.1 Å². The summed E-state index contributed by atoms with van der Waals surface area (Å²) in [6, 6.07) is 5.64. The van der Waals surface area contributed by atoms with E-state index in [0.29, 0.717) is 12.1 Å². The van der Waals surface area contributed by atoms with E-state index in [0.717, 1.165) is 11.2 Å². The summed E-state index contributed by atoms with van der Waals surface area (Å²) < 4.78 is 6.56. The van der Waals surface area contributed by atoms with Gasteiger partial charge in [0.25, 0.3) is 0 Å². The van der Waals surface area contributed by atoms with Crippen LogP contribution in [0, 0.1) is 0 Å². The van der Waals surface area contributed by atoms with Crippen molar-refractivity contribution < 1.29 is 4.42 Å². The maximum absolute atomic E-state index is 11.3. The van der Waals surface area contributed by atoms with E-state index in [1.807, 2.05) is 19.1 Å². The van der Waals surface area contributed by atoms with Crippen LogP contribution in [0.2, 0.25) is 0 Å². The first-order chi connectivity index (χ1) is 7.58. The Morgan fingerprint density at radius 3 is 3.00 bits per heavy atom. The number of anilines is 1. The van der Waals surface area contributed by atoms with Gasteiger partial charge in [-0.1, -0.05) is 0 Å². The van der Waals surface area contributed by atoms with Crippen molar-refractivity contribution in [1.29, 1.82) is 0 Å². The molecule has 16 heavy (non-hydrogen) atoms. The molecule has 0 aliphatic rings. The van der Waals surface area contributed by atoms with Gasteiger partial charge in [0.1, 0.15) is 0 Å². The molecule has 0 aliphatic heterocycles. The zero-order valence-electron chi connectivity index (χ0n) is 9.36. The Bertz CT molecular complexity index is 554. The zero-order valence-corrected chi connectivity index (χ0v) is 9.36. The van der Waals surface area contributed by atoms with E-state index in [2.05, 4.69) is 5.32 Å². The summed E-state index contributed by atoms with van der Waals surface area (Å²) in [4.78, 5) is 11.3. The lowest BCUT2D eigenvalue weighted by Crippen LogP contribution is -2.25. The average molecular weight is 221 g/mol. The fourth-order valence-corrected chi connectivity index (χ4v) is 1.52. The fraction of sp³-hybridized carbons (Fsp3) is 0.364. The Morgan fingerprint density at radius 1 is 1.56 bits per heavy atom. The number of benzene rings is 1. The van der Waals surface area contributed by atoms with E-state index in [1.165, 1.54) is 4.57 Å². The molecular formula is C11H15N3O2. The van der Waals surface area contributed by atoms with Crippen LogP contribution in [0.1, 0.15) is 6.92 Å². The summed E-state index contributed by atoms with van der Waals surface area (Å²) in [7, 11) is 1.68. The number of nitrogens with two attached hydrogens (primary N) is 1. The highest BCUT2D eigenvalue weighted by molar-refractivity contribution is 5.77. The Kier molecular flexibility index (Phi) is 2.70. The second-order valence-electron chi connectivity index (χ2n) is 3.97. The van der Waals surface area contributed by atoms with Crippen LogP contribution in [0.25, 0.3) is 11.1 Å². The second-order valence-corrected chi connectivity index (χ2v) is 3.97. The summed E-state index contributed by atoms with van der Waals surface area (Å²) >= 11 is 0. The normalized spacial score (nSPS) is 12.9. The van der Waals surface area contributed by atoms with Crippen LogP contribution in [-0.4, -0.2) is 17.2 Å². The van der Waals surface area contributed by atoms with Crippen molar-refractivity contribution in [2.24, 2.45) is 12.8 Å². The van der Waals surface area contributed by atoms with Gasteiger partial charge >= 0.3 is 5.76 Å². The van der Waals surface area contributed by atoms with Gasteiger partial charge < -0.3 is 15.5 Å². The minimum absolute atomic E-state index is 0.0819. The number of nitrogens with zero attached hydrogens (tertiary/aromatic N) is 1. The second kappa shape index (κ2) is 4.02. The fourth-order valence-electron chi connectivity index (χ4n) is 1.52. The molecule has 5 heteroatoms. The summed E-state index contributed by atoms with van der Waals surface area (Å²) in [5.74, 6) is -0.348. The Morgan fingerprint density at radius 2 is 2.31 bits per heavy atom. The monoisotopic (exact) mass is 221 g/mol. The van der Waals surface area contributed by atoms with Crippen molar-refractivity contribution in [2.75, 3.05) is 11.9 Å². The molecule has 3 N–H and O–H groups in total. The van der Waals surface area contributed by atoms with Gasteiger partial charge in [-0.25, -0.2) is 4.79 Å². The van der Waals surface area contributed by atoms with Gasteiger partial charge in [-0.15, -0.1) is 0 Å². The predicted octanol–water partition coefficient (Wildman–Crippen LogP) is 0.891. The third kappa shape index (κ3) is 1.94. The molecule has 86 valence electrons. The highest BCUT2D eigenvalue weighted by Crippen LogP contribution is 2.17. The van der Waals surface area contributed by atoms with Gasteiger partial charge in [-0.3, -0.25) is 4.57 Å². The van der Waals surface area contributed by atoms with Crippen LogP contribution >= 0.6 is 0 Å². The third-order valence-corrected chi connectivity index (χ3v) is 2.42. The molecular weight excluding hydrogens is 206 g/mol. The lowest BCUT2D eigenvalue weighted by molar-refractivity contribution is 0.528. The summed E-state index contributed by atoms with van der Waals surface area (Å²) in [6.45, 7) is 2.61. The Balaban J connectivity index is 2.33. The summed E-state index contributed by atoms with van der Waals surface area (Å²) in [6.07, 6.45) is 0. The first-order valence-corrected chi connectivity index (χ1v) is 5.17. The average Bonchev–Trinajstić information content (AvgIpc) is 2.52. The Labute approximate surface area is 92.8 Å². The molecule has 2 aromatic rings. The van der Waals surface area contributed by atoms with Crippen molar-refractivity contribution in [3.8, 4) is 0 Å². The number of rotatable bonds is 3. The van der Waals surface area contributed by atoms with Gasteiger partial charge in [0.05, 0.1) is 5.52 Å². The van der Waals surface area contributed by atoms with E-state index in [9.17, 15) is 4.79 Å². The maximum Gasteiger partial charge on any atom is 0.419 e. The number of aromatic nitrogens is 1. The first-order valence-electron chi connectivity index (χ1n) is 5.17. The van der Waals surface area contributed by atoms with E-state index < -0.39 is 0 Å². The molecule has 1 unspecified atom stereocenters. The predicted molar refractivity (Wildman–Crippen MR) is 63.6 cm³/mol. The highest BCUT2D eigenvalue weighted by atomic mass is 16.4. The number of fused-ring (bicyclic) bond motifs is 1. The number of aryl methyl sites for hydroxylation is 1. The van der Waals surface area contributed by atoms with Gasteiger partial charge in [-0.05, 0) is 19.1 Å². The molecule has 0 saturated heterocycles. The topological polar surface area (TPSA) is 73.2 Å². The summed E-state index contributed by atoms with van der Waals surface area (Å²) in [5.41, 5.74) is 7.92. The minimum Gasteiger partial charge on any atom is -0.408 e. The van der Waals surface area contributed by atoms with E-state index in [-0.39, 0.29) is 11.8 Å². The SMILES string of the molecule is CC(N)CNc1ccc2c(c1)oc(=O)n2C. The molecule has 0 amide bonds. The molecule has 1 atom stereocenters. The van der Waals surface area contributed by atoms with Crippen molar-refractivity contribution in [3.63, 3.8) is 0 Å². The summed E-state index contributed by atoms with van der Waals surface area (Å²) in [5, 5.41) is 3.17. The zero-order chi connectivity index (χ0) is 11.7. The lowest BCUT2D eigenvalue weighted by atomic mass is 10.2. The van der Waals surface area contributed by atoms with Gasteiger partial charge in [-0.2, -0.15) is 0 Å². The standard InChI is InChI=1S/C11H15N3O2/c1-7(12)6-13-8-3-4-9-10(5-8)16-11(15)14(9)2/h3-5,7,13H,6,12H2,1-2H3. The molecule has 0 radical (unpaired) electrons. The first kappa shape index (κ1) is 10.8. The molecule has 1 aromatic heterocycles. The van der Waals surface area contributed by atoms with Gasteiger partial charge in [0, 0.05) is 31.4 Å². The molecule has 1 aromatic carbocycles. The molecule has 0 spiro atoms. The van der Waals surface area contributed by atoms with E-state index >= 15 is 0 Å². The maximum atomic E-state index is 11.3. The van der Waals surface area contributed by atoms with E-state index in [4.69, 9.17) is 10.2 Å². The number of nitrogens with one attached hydrogen (secondary N) is 1. The number of oxazole rings is 1. The van der Waals surface area contributed by atoms with Crippen LogP contribution in [0.5, 0.6) is 0 Å². The molecule has 2 rings (SSSR count). The minimum atomic E-state index is -0.348. The lowest BCUT2D eigenvalue weighted by Gasteiger charge is -2.08.